The predicted octanol–water partition coefficient (Wildman–Crippen LogP) is 3.81. The van der Waals surface area contributed by atoms with Gasteiger partial charge in [-0.15, -0.1) is 0 Å². The van der Waals surface area contributed by atoms with E-state index in [0.29, 0.717) is 12.2 Å². The van der Waals surface area contributed by atoms with Gasteiger partial charge in [0.05, 0.1) is 12.2 Å². The summed E-state index contributed by atoms with van der Waals surface area (Å²) in [7, 11) is 4.02. The molecule has 1 aromatic carbocycles. The van der Waals surface area contributed by atoms with Gasteiger partial charge in [0.15, 0.2) is 0 Å². The zero-order chi connectivity index (χ0) is 14.3. The first-order chi connectivity index (χ1) is 9.10. The van der Waals surface area contributed by atoms with Gasteiger partial charge in [-0.05, 0) is 47.6 Å². The number of carbonyl (C=O) groups excluding carboxylic acids is 1. The molecular formula is C15H20INO2. The fraction of sp³-hybridized carbons (Fsp3) is 0.400. The van der Waals surface area contributed by atoms with Crippen molar-refractivity contribution in [2.75, 3.05) is 25.6 Å². The molecule has 1 rings (SSSR count). The molecule has 0 atom stereocenters. The SMILES string of the molecule is CCOC(=O)c1ccc(N(C)C)c(CC/C=C/I)c1. The van der Waals surface area contributed by atoms with Gasteiger partial charge in [0, 0.05) is 19.8 Å². The first-order valence-electron chi connectivity index (χ1n) is 6.32. The third-order valence-corrected chi connectivity index (χ3v) is 3.25. The van der Waals surface area contributed by atoms with E-state index in [0.717, 1.165) is 18.5 Å². The van der Waals surface area contributed by atoms with Gasteiger partial charge in [0.1, 0.15) is 0 Å². The minimum atomic E-state index is -0.251. The Balaban J connectivity index is 3.00. The topological polar surface area (TPSA) is 29.5 Å². The van der Waals surface area contributed by atoms with Gasteiger partial charge >= 0.3 is 5.97 Å². The second kappa shape index (κ2) is 8.19. The summed E-state index contributed by atoms with van der Waals surface area (Å²) in [5.74, 6) is -0.251. The van der Waals surface area contributed by atoms with Crippen LogP contribution in [0, 0.1) is 0 Å². The van der Waals surface area contributed by atoms with Crippen LogP contribution in [0.1, 0.15) is 29.3 Å². The number of esters is 1. The van der Waals surface area contributed by atoms with Crippen molar-refractivity contribution in [1.82, 2.24) is 0 Å². The molecule has 0 saturated carbocycles. The highest BCUT2D eigenvalue weighted by molar-refractivity contribution is 14.1. The lowest BCUT2D eigenvalue weighted by Gasteiger charge is -2.18. The molecular weight excluding hydrogens is 353 g/mol. The average Bonchev–Trinajstić information content (AvgIpc) is 2.39. The van der Waals surface area contributed by atoms with E-state index in [1.807, 2.05) is 43.3 Å². The molecule has 1 aromatic rings. The van der Waals surface area contributed by atoms with Gasteiger partial charge in [-0.3, -0.25) is 0 Å². The van der Waals surface area contributed by atoms with Crippen molar-refractivity contribution in [1.29, 1.82) is 0 Å². The molecule has 0 fully saturated rings. The smallest absolute Gasteiger partial charge is 0.338 e. The van der Waals surface area contributed by atoms with Gasteiger partial charge in [-0.2, -0.15) is 0 Å². The molecule has 0 N–H and O–H groups in total. The minimum absolute atomic E-state index is 0.251. The number of carbonyl (C=O) groups is 1. The summed E-state index contributed by atoms with van der Waals surface area (Å²) >= 11 is 2.22. The van der Waals surface area contributed by atoms with Gasteiger partial charge in [-0.25, -0.2) is 4.79 Å². The van der Waals surface area contributed by atoms with E-state index in [-0.39, 0.29) is 5.97 Å². The molecule has 3 nitrogen and oxygen atoms in total. The standard InChI is InChI=1S/C15H20INO2/c1-4-19-15(18)13-8-9-14(17(2)3)12(11-13)7-5-6-10-16/h6,8-11H,4-5,7H2,1-3H3/b10-6+. The van der Waals surface area contributed by atoms with Crippen molar-refractivity contribution in [2.45, 2.75) is 19.8 Å². The van der Waals surface area contributed by atoms with E-state index < -0.39 is 0 Å². The summed E-state index contributed by atoms with van der Waals surface area (Å²) < 4.78 is 7.06. The Labute approximate surface area is 128 Å². The molecule has 19 heavy (non-hydrogen) atoms. The molecule has 0 aliphatic heterocycles. The molecule has 0 spiro atoms. The van der Waals surface area contributed by atoms with E-state index in [1.165, 1.54) is 5.56 Å². The molecule has 0 aliphatic rings. The van der Waals surface area contributed by atoms with Crippen LogP contribution in [0.25, 0.3) is 0 Å². The Kier molecular flexibility index (Phi) is 6.91. The molecule has 104 valence electrons. The summed E-state index contributed by atoms with van der Waals surface area (Å²) in [4.78, 5) is 13.8. The molecule has 4 heteroatoms. The number of ether oxygens (including phenoxy) is 1. The first kappa shape index (κ1) is 16.0. The predicted molar refractivity (Wildman–Crippen MR) is 88.2 cm³/mol. The molecule has 0 unspecified atom stereocenters. The summed E-state index contributed by atoms with van der Waals surface area (Å²) in [6.07, 6.45) is 4.01. The summed E-state index contributed by atoms with van der Waals surface area (Å²) in [6.45, 7) is 2.22. The number of hydrogen-bond acceptors (Lipinski definition) is 3. The van der Waals surface area contributed by atoms with E-state index in [9.17, 15) is 4.79 Å². The summed E-state index contributed by atoms with van der Waals surface area (Å²) in [5, 5.41) is 0. The maximum Gasteiger partial charge on any atom is 0.338 e. The van der Waals surface area contributed by atoms with Crippen molar-refractivity contribution in [3.05, 3.63) is 39.5 Å². The Hall–Kier alpha value is -1.04. The zero-order valence-corrected chi connectivity index (χ0v) is 13.8. The van der Waals surface area contributed by atoms with E-state index in [1.54, 1.807) is 0 Å². The second-order valence-electron chi connectivity index (χ2n) is 4.36. The highest BCUT2D eigenvalue weighted by Crippen LogP contribution is 2.22. The third kappa shape index (κ3) is 4.86. The van der Waals surface area contributed by atoms with Crippen molar-refractivity contribution in [2.24, 2.45) is 0 Å². The number of anilines is 1. The van der Waals surface area contributed by atoms with Crippen molar-refractivity contribution >= 4 is 34.2 Å². The van der Waals surface area contributed by atoms with Crippen molar-refractivity contribution in [3.8, 4) is 0 Å². The maximum absolute atomic E-state index is 11.8. The molecule has 0 aliphatic carbocycles. The van der Waals surface area contributed by atoms with E-state index >= 15 is 0 Å². The van der Waals surface area contributed by atoms with Crippen LogP contribution in [-0.2, 0) is 11.2 Å². The van der Waals surface area contributed by atoms with Gasteiger partial charge in [0.25, 0.3) is 0 Å². The molecule has 0 radical (unpaired) electrons. The van der Waals surface area contributed by atoms with Crippen LogP contribution in [0.15, 0.2) is 28.4 Å². The van der Waals surface area contributed by atoms with E-state index in [2.05, 4.69) is 33.6 Å². The molecule has 0 saturated heterocycles. The zero-order valence-electron chi connectivity index (χ0n) is 11.6. The molecule has 0 bridgehead atoms. The largest absolute Gasteiger partial charge is 0.462 e. The number of benzene rings is 1. The summed E-state index contributed by atoms with van der Waals surface area (Å²) in [6, 6.07) is 5.74. The lowest BCUT2D eigenvalue weighted by Crippen LogP contribution is -2.13. The van der Waals surface area contributed by atoms with Gasteiger partial charge in [0.2, 0.25) is 0 Å². The monoisotopic (exact) mass is 373 g/mol. The van der Waals surface area contributed by atoms with Crippen molar-refractivity contribution in [3.63, 3.8) is 0 Å². The number of nitrogens with zero attached hydrogens (tertiary/aromatic N) is 1. The van der Waals surface area contributed by atoms with Gasteiger partial charge < -0.3 is 9.64 Å². The average molecular weight is 373 g/mol. The van der Waals surface area contributed by atoms with Gasteiger partial charge in [-0.1, -0.05) is 28.7 Å². The van der Waals surface area contributed by atoms with Crippen LogP contribution < -0.4 is 4.90 Å². The normalized spacial score (nSPS) is 10.7. The number of rotatable bonds is 6. The Morgan fingerprint density at radius 2 is 2.16 bits per heavy atom. The number of hydrogen-bond donors (Lipinski definition) is 0. The molecule has 0 aromatic heterocycles. The quantitative estimate of drug-likeness (QED) is 0.561. The lowest BCUT2D eigenvalue weighted by atomic mass is 10.0. The number of halogens is 1. The minimum Gasteiger partial charge on any atom is -0.462 e. The van der Waals surface area contributed by atoms with Crippen LogP contribution in [0.4, 0.5) is 5.69 Å². The number of aryl methyl sites for hydroxylation is 1. The van der Waals surface area contributed by atoms with E-state index in [4.69, 9.17) is 4.74 Å². The highest BCUT2D eigenvalue weighted by atomic mass is 127. The Morgan fingerprint density at radius 1 is 1.42 bits per heavy atom. The highest BCUT2D eigenvalue weighted by Gasteiger charge is 2.11. The third-order valence-electron chi connectivity index (χ3n) is 2.74. The fourth-order valence-electron chi connectivity index (χ4n) is 1.87. The lowest BCUT2D eigenvalue weighted by molar-refractivity contribution is 0.0526. The second-order valence-corrected chi connectivity index (χ2v) is 5.08. The molecule has 0 amide bonds. The Morgan fingerprint density at radius 3 is 2.74 bits per heavy atom. The van der Waals surface area contributed by atoms with Crippen LogP contribution in [0.3, 0.4) is 0 Å². The molecule has 0 heterocycles. The first-order valence-corrected chi connectivity index (χ1v) is 7.57. The number of allylic oxidation sites excluding steroid dienone is 1. The van der Waals surface area contributed by atoms with Crippen LogP contribution in [-0.4, -0.2) is 26.7 Å². The maximum atomic E-state index is 11.8. The fourth-order valence-corrected chi connectivity index (χ4v) is 2.22. The van der Waals surface area contributed by atoms with Crippen LogP contribution in [0.5, 0.6) is 0 Å². The Bertz CT molecular complexity index is 455. The van der Waals surface area contributed by atoms with Crippen LogP contribution in [0.2, 0.25) is 0 Å². The summed E-state index contributed by atoms with van der Waals surface area (Å²) in [5.41, 5.74) is 2.95. The van der Waals surface area contributed by atoms with Crippen molar-refractivity contribution < 1.29 is 9.53 Å². The van der Waals surface area contributed by atoms with Crippen LogP contribution >= 0.6 is 22.6 Å².